The van der Waals surface area contributed by atoms with E-state index in [-0.39, 0.29) is 97.8 Å². The molecular formula is C40H74N6O9. The highest BCUT2D eigenvalue weighted by Crippen LogP contribution is 2.14. The molecule has 0 aromatic heterocycles. The molecule has 6 atom stereocenters. The van der Waals surface area contributed by atoms with Gasteiger partial charge in [-0.05, 0) is 71.1 Å². The Hall–Kier alpha value is -3.91. The number of carbonyl (C=O) groups excluding carboxylic acids is 7. The number of ether oxygens (including phenoxy) is 2. The van der Waals surface area contributed by atoms with Crippen molar-refractivity contribution in [3.8, 4) is 0 Å². The van der Waals surface area contributed by atoms with Gasteiger partial charge in [0.25, 0.3) is 0 Å². The van der Waals surface area contributed by atoms with Crippen LogP contribution in [0.3, 0.4) is 0 Å². The van der Waals surface area contributed by atoms with Crippen molar-refractivity contribution in [3.05, 3.63) is 0 Å². The molecule has 0 aliphatic rings. The van der Waals surface area contributed by atoms with Gasteiger partial charge in [-0.25, -0.2) is 4.79 Å². The Morgan fingerprint density at radius 3 is 1.20 bits per heavy atom. The summed E-state index contributed by atoms with van der Waals surface area (Å²) in [6, 6.07) is -2.80. The fourth-order valence-electron chi connectivity index (χ4n) is 5.96. The van der Waals surface area contributed by atoms with Gasteiger partial charge in [0.2, 0.25) is 29.5 Å². The molecule has 0 saturated carbocycles. The molecule has 0 radical (unpaired) electrons. The minimum absolute atomic E-state index is 0.00158. The van der Waals surface area contributed by atoms with E-state index in [0.29, 0.717) is 12.8 Å². The van der Waals surface area contributed by atoms with Gasteiger partial charge in [0, 0.05) is 68.4 Å². The maximum absolute atomic E-state index is 13.3. The summed E-state index contributed by atoms with van der Waals surface area (Å²) in [5.41, 5.74) is -0.675. The summed E-state index contributed by atoms with van der Waals surface area (Å²) < 4.78 is 10.1. The zero-order valence-corrected chi connectivity index (χ0v) is 36.1. The van der Waals surface area contributed by atoms with Crippen LogP contribution in [0, 0.1) is 23.7 Å². The third-order valence-electron chi connectivity index (χ3n) is 8.58. The Labute approximate surface area is 330 Å². The summed E-state index contributed by atoms with van der Waals surface area (Å²) in [4.78, 5) is 89.0. The van der Waals surface area contributed by atoms with Gasteiger partial charge >= 0.3 is 12.1 Å². The highest BCUT2D eigenvalue weighted by atomic mass is 16.6. The van der Waals surface area contributed by atoms with Crippen LogP contribution in [-0.4, -0.2) is 90.6 Å². The molecular weight excluding hydrogens is 708 g/mol. The van der Waals surface area contributed by atoms with E-state index in [0.717, 1.165) is 0 Å². The van der Waals surface area contributed by atoms with Gasteiger partial charge in [0.05, 0.1) is 13.5 Å². The first-order chi connectivity index (χ1) is 25.3. The van der Waals surface area contributed by atoms with Crippen molar-refractivity contribution in [2.75, 3.05) is 7.11 Å². The van der Waals surface area contributed by atoms with Crippen LogP contribution < -0.4 is 31.9 Å². The van der Waals surface area contributed by atoms with E-state index in [1.807, 2.05) is 55.4 Å². The summed E-state index contributed by atoms with van der Waals surface area (Å²) in [7, 11) is 1.30. The lowest BCUT2D eigenvalue weighted by atomic mass is 9.97. The molecule has 0 heterocycles. The molecule has 55 heavy (non-hydrogen) atoms. The van der Waals surface area contributed by atoms with Crippen molar-refractivity contribution in [2.45, 2.75) is 183 Å². The molecule has 15 nitrogen and oxygen atoms in total. The third-order valence-corrected chi connectivity index (χ3v) is 8.58. The minimum atomic E-state index is -0.675. The summed E-state index contributed by atoms with van der Waals surface area (Å²) in [5.74, 6) is -1.68. The number of nitrogens with one attached hydrogen (secondary N) is 6. The van der Waals surface area contributed by atoms with E-state index >= 15 is 0 Å². The van der Waals surface area contributed by atoms with Crippen molar-refractivity contribution in [1.29, 1.82) is 0 Å². The molecule has 0 aromatic rings. The molecule has 0 aliphatic heterocycles. The first-order valence-corrected chi connectivity index (χ1v) is 19.8. The average molecular weight is 783 g/mol. The predicted molar refractivity (Wildman–Crippen MR) is 212 cm³/mol. The zero-order valence-electron chi connectivity index (χ0n) is 36.1. The SMILES string of the molecule is COC(=O)C[C@H](CC(C)C)NC(=O)C[C@H](C)NC(=O)C[C@@H](NC(=O)C[C@H](CC(C)C)NC(=O)C[C@H](C)NC(=O)C[C@@H](NC(=O)OC(C)(C)C)C(C)C)C(C)C. The van der Waals surface area contributed by atoms with Crippen molar-refractivity contribution in [3.63, 3.8) is 0 Å². The molecule has 15 heteroatoms. The highest BCUT2D eigenvalue weighted by Gasteiger charge is 2.27. The monoisotopic (exact) mass is 783 g/mol. The minimum Gasteiger partial charge on any atom is -0.469 e. The van der Waals surface area contributed by atoms with Gasteiger partial charge in [-0.15, -0.1) is 0 Å². The van der Waals surface area contributed by atoms with E-state index in [1.54, 1.807) is 34.6 Å². The quantitative estimate of drug-likeness (QED) is 0.0772. The van der Waals surface area contributed by atoms with Gasteiger partial charge in [-0.2, -0.15) is 0 Å². The Morgan fingerprint density at radius 2 is 0.836 bits per heavy atom. The second kappa shape index (κ2) is 25.3. The van der Waals surface area contributed by atoms with Gasteiger partial charge in [-0.1, -0.05) is 55.4 Å². The molecule has 0 aliphatic carbocycles. The molecule has 318 valence electrons. The van der Waals surface area contributed by atoms with E-state index in [2.05, 4.69) is 31.9 Å². The lowest BCUT2D eigenvalue weighted by Crippen LogP contribution is -2.48. The second-order valence-corrected chi connectivity index (χ2v) is 17.4. The van der Waals surface area contributed by atoms with Crippen LogP contribution in [0.25, 0.3) is 0 Å². The fourth-order valence-corrected chi connectivity index (χ4v) is 5.96. The molecule has 0 rings (SSSR count). The summed E-state index contributed by atoms with van der Waals surface area (Å²) in [6.45, 7) is 24.2. The number of amides is 6. The van der Waals surface area contributed by atoms with Crippen LogP contribution in [0.4, 0.5) is 4.79 Å². The third kappa shape index (κ3) is 25.7. The maximum atomic E-state index is 13.3. The number of hydrogen-bond acceptors (Lipinski definition) is 9. The lowest BCUT2D eigenvalue weighted by molar-refractivity contribution is -0.141. The number of hydrogen-bond donors (Lipinski definition) is 6. The molecule has 0 fully saturated rings. The van der Waals surface area contributed by atoms with Crippen LogP contribution >= 0.6 is 0 Å². The number of alkyl carbamates (subject to hydrolysis) is 1. The fraction of sp³-hybridized carbons (Fsp3) is 0.825. The molecule has 6 N–H and O–H groups in total. The highest BCUT2D eigenvalue weighted by molar-refractivity contribution is 5.83. The van der Waals surface area contributed by atoms with E-state index in [1.165, 1.54) is 7.11 Å². The number of esters is 1. The van der Waals surface area contributed by atoms with Crippen molar-refractivity contribution in [1.82, 2.24) is 31.9 Å². The summed E-state index contributed by atoms with van der Waals surface area (Å²) in [5, 5.41) is 17.2. The molecule has 0 unspecified atom stereocenters. The van der Waals surface area contributed by atoms with Crippen molar-refractivity contribution < 1.29 is 43.0 Å². The molecule has 0 aromatic carbocycles. The Balaban J connectivity index is 5.18. The van der Waals surface area contributed by atoms with Gasteiger partial charge < -0.3 is 41.4 Å². The zero-order chi connectivity index (χ0) is 42.6. The van der Waals surface area contributed by atoms with Gasteiger partial charge in [0.15, 0.2) is 0 Å². The standard InChI is InChI=1S/C40H74N6O9/c1-23(2)15-29(43-33(47)17-27(9)42-37(51)22-32(26(7)8)46-39(53)55-40(11,12)13)19-35(49)45-31(25(5)6)21-36(50)41-28(10)18-34(48)44-30(16-24(3)4)20-38(52)54-14/h23-32H,15-22H2,1-14H3,(H,41,50)(H,42,51)(H,43,47)(H,44,48)(H,45,49)(H,46,53)/t27-,28-,29-,30-,31+,32+/m0/s1. The summed E-state index contributed by atoms with van der Waals surface area (Å²) in [6.07, 6.45) is 0.617. The van der Waals surface area contributed by atoms with Crippen LogP contribution in [0.5, 0.6) is 0 Å². The van der Waals surface area contributed by atoms with Crippen LogP contribution in [0.1, 0.15) is 141 Å². The smallest absolute Gasteiger partial charge is 0.407 e. The van der Waals surface area contributed by atoms with E-state index < -0.39 is 47.9 Å². The van der Waals surface area contributed by atoms with Crippen molar-refractivity contribution in [2.24, 2.45) is 23.7 Å². The Bertz CT molecular complexity index is 1250. The average Bonchev–Trinajstić information content (AvgIpc) is 2.97. The number of carbonyl (C=O) groups is 7. The normalized spacial score (nSPS) is 14.9. The predicted octanol–water partition coefficient (Wildman–Crippen LogP) is 4.26. The van der Waals surface area contributed by atoms with Crippen LogP contribution in [0.15, 0.2) is 0 Å². The van der Waals surface area contributed by atoms with E-state index in [4.69, 9.17) is 9.47 Å². The largest absolute Gasteiger partial charge is 0.469 e. The number of rotatable bonds is 24. The van der Waals surface area contributed by atoms with Crippen LogP contribution in [0.2, 0.25) is 0 Å². The molecule has 6 amide bonds. The van der Waals surface area contributed by atoms with Crippen molar-refractivity contribution >= 4 is 41.6 Å². The van der Waals surface area contributed by atoms with E-state index in [9.17, 15) is 33.6 Å². The van der Waals surface area contributed by atoms with Crippen LogP contribution in [-0.2, 0) is 38.2 Å². The molecule has 0 spiro atoms. The Kier molecular flexibility index (Phi) is 23.5. The van der Waals surface area contributed by atoms with Gasteiger partial charge in [-0.3, -0.25) is 28.8 Å². The second-order valence-electron chi connectivity index (χ2n) is 17.4. The first-order valence-electron chi connectivity index (χ1n) is 19.8. The molecule has 0 saturated heterocycles. The van der Waals surface area contributed by atoms with Gasteiger partial charge in [0.1, 0.15) is 5.60 Å². The maximum Gasteiger partial charge on any atom is 0.407 e. The lowest BCUT2D eigenvalue weighted by Gasteiger charge is -2.26. The number of methoxy groups -OCH3 is 1. The first kappa shape index (κ1) is 51.1. The Morgan fingerprint density at radius 1 is 0.473 bits per heavy atom. The topological polar surface area (TPSA) is 210 Å². The summed E-state index contributed by atoms with van der Waals surface area (Å²) >= 11 is 0. The molecule has 0 bridgehead atoms.